The minimum Gasteiger partial charge on any atom is -0.273 e. The van der Waals surface area contributed by atoms with Crippen LogP contribution in [0.5, 0.6) is 0 Å². The quantitative estimate of drug-likeness (QED) is 0.812. The zero-order valence-electron chi connectivity index (χ0n) is 13.5. The highest BCUT2D eigenvalue weighted by Gasteiger charge is 2.22. The van der Waals surface area contributed by atoms with Gasteiger partial charge >= 0.3 is 0 Å². The summed E-state index contributed by atoms with van der Waals surface area (Å²) in [5.41, 5.74) is 4.74. The number of fused-ring (bicyclic) bond motifs is 1. The van der Waals surface area contributed by atoms with Crippen LogP contribution in [0.2, 0.25) is 0 Å². The lowest BCUT2D eigenvalue weighted by atomic mass is 9.89. The van der Waals surface area contributed by atoms with E-state index in [4.69, 9.17) is 0 Å². The van der Waals surface area contributed by atoms with Crippen LogP contribution in [0, 0.1) is 5.92 Å². The van der Waals surface area contributed by atoms with E-state index in [0.717, 1.165) is 36.8 Å². The van der Waals surface area contributed by atoms with Crippen molar-refractivity contribution in [1.82, 2.24) is 20.6 Å². The largest absolute Gasteiger partial charge is 0.290 e. The number of aryl methyl sites for hydroxylation is 1. The fourth-order valence-electron chi connectivity index (χ4n) is 3.11. The first kappa shape index (κ1) is 16.2. The van der Waals surface area contributed by atoms with Gasteiger partial charge in [0.1, 0.15) is 0 Å². The van der Waals surface area contributed by atoms with Crippen molar-refractivity contribution in [3.8, 4) is 0 Å². The maximum atomic E-state index is 12.4. The highest BCUT2D eigenvalue weighted by molar-refractivity contribution is 6.05. The molecule has 0 bridgehead atoms. The van der Waals surface area contributed by atoms with Crippen molar-refractivity contribution in [2.45, 2.75) is 32.1 Å². The van der Waals surface area contributed by atoms with Crippen LogP contribution in [-0.2, 0) is 11.8 Å². The maximum Gasteiger partial charge on any atom is 0.290 e. The molecule has 0 aliphatic heterocycles. The number of carbonyl (C=O) groups is 2. The molecule has 1 saturated carbocycles. The van der Waals surface area contributed by atoms with Crippen LogP contribution < -0.4 is 16.4 Å². The Morgan fingerprint density at radius 1 is 1.08 bits per heavy atom. The van der Waals surface area contributed by atoms with Crippen molar-refractivity contribution in [2.24, 2.45) is 13.0 Å². The predicted molar refractivity (Wildman–Crippen MR) is 89.2 cm³/mol. The third-order valence-corrected chi connectivity index (χ3v) is 4.45. The maximum absolute atomic E-state index is 12.4. The molecule has 1 heterocycles. The van der Waals surface area contributed by atoms with Gasteiger partial charge in [0, 0.05) is 18.4 Å². The number of hydrogen-bond acceptors (Lipinski definition) is 4. The van der Waals surface area contributed by atoms with Gasteiger partial charge in [-0.1, -0.05) is 37.5 Å². The first-order valence-corrected chi connectivity index (χ1v) is 8.14. The SMILES string of the molecule is Cn1nc(C(=O)NNC(=O)C2CCCCC2)c2ccccc2c1=O. The Kier molecular flexibility index (Phi) is 4.59. The molecule has 0 radical (unpaired) electrons. The van der Waals surface area contributed by atoms with Gasteiger partial charge in [-0.15, -0.1) is 0 Å². The summed E-state index contributed by atoms with van der Waals surface area (Å²) in [4.78, 5) is 36.6. The van der Waals surface area contributed by atoms with E-state index in [0.29, 0.717) is 10.8 Å². The van der Waals surface area contributed by atoms with Crippen LogP contribution in [0.15, 0.2) is 29.1 Å². The van der Waals surface area contributed by atoms with Gasteiger partial charge in [0.15, 0.2) is 5.69 Å². The van der Waals surface area contributed by atoms with Gasteiger partial charge in [-0.25, -0.2) is 4.68 Å². The summed E-state index contributed by atoms with van der Waals surface area (Å²) < 4.78 is 1.13. The molecule has 0 saturated heterocycles. The number of aromatic nitrogens is 2. The Hall–Kier alpha value is -2.70. The minimum absolute atomic E-state index is 0.0520. The summed E-state index contributed by atoms with van der Waals surface area (Å²) in [5.74, 6) is -0.757. The number of amides is 2. The Balaban J connectivity index is 1.78. The lowest BCUT2D eigenvalue weighted by Gasteiger charge is -2.20. The molecule has 1 aromatic heterocycles. The lowest BCUT2D eigenvalue weighted by molar-refractivity contribution is -0.126. The van der Waals surface area contributed by atoms with Gasteiger partial charge in [-0.05, 0) is 18.9 Å². The summed E-state index contributed by atoms with van der Waals surface area (Å²) in [5, 5.41) is 4.91. The van der Waals surface area contributed by atoms with Crippen LogP contribution in [0.1, 0.15) is 42.6 Å². The normalized spacial score (nSPS) is 15.2. The van der Waals surface area contributed by atoms with Crippen molar-refractivity contribution in [2.75, 3.05) is 0 Å². The van der Waals surface area contributed by atoms with E-state index < -0.39 is 5.91 Å². The summed E-state index contributed by atoms with van der Waals surface area (Å²) in [6, 6.07) is 6.79. The third kappa shape index (κ3) is 3.15. The number of nitrogens with zero attached hydrogens (tertiary/aromatic N) is 2. The zero-order chi connectivity index (χ0) is 17.1. The molecule has 1 aliphatic rings. The fraction of sp³-hybridized carbons (Fsp3) is 0.412. The van der Waals surface area contributed by atoms with Crippen molar-refractivity contribution < 1.29 is 9.59 Å². The fourth-order valence-corrected chi connectivity index (χ4v) is 3.11. The topological polar surface area (TPSA) is 93.1 Å². The molecule has 1 aromatic carbocycles. The van der Waals surface area contributed by atoms with Gasteiger partial charge in [0.25, 0.3) is 11.5 Å². The molecule has 0 atom stereocenters. The molecule has 1 fully saturated rings. The summed E-state index contributed by atoms with van der Waals surface area (Å²) in [6.45, 7) is 0. The molecule has 7 nitrogen and oxygen atoms in total. The summed E-state index contributed by atoms with van der Waals surface area (Å²) in [6.07, 6.45) is 4.94. The van der Waals surface area contributed by atoms with Gasteiger partial charge < -0.3 is 0 Å². The van der Waals surface area contributed by atoms with Gasteiger partial charge in [-0.3, -0.25) is 25.2 Å². The first-order chi connectivity index (χ1) is 11.6. The average Bonchev–Trinajstić information content (AvgIpc) is 2.63. The molecule has 7 heteroatoms. The van der Waals surface area contributed by atoms with E-state index in [2.05, 4.69) is 16.0 Å². The van der Waals surface area contributed by atoms with E-state index in [-0.39, 0.29) is 23.1 Å². The molecule has 3 rings (SSSR count). The predicted octanol–water partition coefficient (Wildman–Crippen LogP) is 1.27. The van der Waals surface area contributed by atoms with Crippen molar-refractivity contribution >= 4 is 22.6 Å². The van der Waals surface area contributed by atoms with Gasteiger partial charge in [-0.2, -0.15) is 5.10 Å². The zero-order valence-corrected chi connectivity index (χ0v) is 13.5. The van der Waals surface area contributed by atoms with E-state index in [9.17, 15) is 14.4 Å². The average molecular weight is 328 g/mol. The second kappa shape index (κ2) is 6.82. The Morgan fingerprint density at radius 3 is 2.46 bits per heavy atom. The lowest BCUT2D eigenvalue weighted by Crippen LogP contribution is -2.45. The Labute approximate surface area is 139 Å². The molecule has 2 N–H and O–H groups in total. The monoisotopic (exact) mass is 328 g/mol. The highest BCUT2D eigenvalue weighted by atomic mass is 16.2. The molecule has 2 amide bonds. The first-order valence-electron chi connectivity index (χ1n) is 8.14. The second-order valence-electron chi connectivity index (χ2n) is 6.10. The molecule has 126 valence electrons. The van der Waals surface area contributed by atoms with Crippen molar-refractivity contribution in [3.63, 3.8) is 0 Å². The van der Waals surface area contributed by atoms with Crippen molar-refractivity contribution in [3.05, 3.63) is 40.3 Å². The van der Waals surface area contributed by atoms with E-state index in [1.54, 1.807) is 24.3 Å². The summed E-state index contributed by atoms with van der Waals surface area (Å²) in [7, 11) is 1.49. The standard InChI is InChI=1S/C17H20N4O3/c1-21-17(24)13-10-6-5-9-12(13)14(20-21)16(23)19-18-15(22)11-7-3-2-4-8-11/h5-6,9-11H,2-4,7-8H2,1H3,(H,18,22)(H,19,23). The number of rotatable bonds is 2. The number of nitrogens with one attached hydrogen (secondary N) is 2. The smallest absolute Gasteiger partial charge is 0.273 e. The van der Waals surface area contributed by atoms with E-state index in [1.807, 2.05) is 0 Å². The summed E-state index contributed by atoms with van der Waals surface area (Å²) >= 11 is 0. The molecular formula is C17H20N4O3. The van der Waals surface area contributed by atoms with E-state index >= 15 is 0 Å². The third-order valence-electron chi connectivity index (χ3n) is 4.45. The Bertz CT molecular complexity index is 837. The highest BCUT2D eigenvalue weighted by Crippen LogP contribution is 2.23. The van der Waals surface area contributed by atoms with Crippen molar-refractivity contribution in [1.29, 1.82) is 0 Å². The minimum atomic E-state index is -0.536. The van der Waals surface area contributed by atoms with Gasteiger partial charge in [0.05, 0.1) is 5.39 Å². The second-order valence-corrected chi connectivity index (χ2v) is 6.10. The van der Waals surface area contributed by atoms with Crippen LogP contribution in [0.3, 0.4) is 0 Å². The Morgan fingerprint density at radius 2 is 1.75 bits per heavy atom. The number of benzene rings is 1. The molecule has 0 unspecified atom stereocenters. The van der Waals surface area contributed by atoms with Crippen LogP contribution in [0.4, 0.5) is 0 Å². The number of hydrazine groups is 1. The number of hydrogen-bond donors (Lipinski definition) is 2. The van der Waals surface area contributed by atoms with Crippen LogP contribution in [-0.4, -0.2) is 21.6 Å². The van der Waals surface area contributed by atoms with E-state index in [1.165, 1.54) is 7.05 Å². The van der Waals surface area contributed by atoms with Gasteiger partial charge in [0.2, 0.25) is 5.91 Å². The molecule has 2 aromatic rings. The number of carbonyl (C=O) groups excluding carboxylic acids is 2. The van der Waals surface area contributed by atoms with Crippen LogP contribution >= 0.6 is 0 Å². The molecule has 1 aliphatic carbocycles. The van der Waals surface area contributed by atoms with Crippen LogP contribution in [0.25, 0.3) is 10.8 Å². The molecule has 24 heavy (non-hydrogen) atoms. The molecular weight excluding hydrogens is 308 g/mol. The molecule has 0 spiro atoms.